The molecule has 1 aromatic carbocycles. The molecule has 13 heavy (non-hydrogen) atoms. The van der Waals surface area contributed by atoms with Gasteiger partial charge in [-0.3, -0.25) is 0 Å². The molecule has 0 saturated carbocycles. The summed E-state index contributed by atoms with van der Waals surface area (Å²) in [6, 6.07) is 6.08. The number of hydrogen-bond donors (Lipinski definition) is 0. The van der Waals surface area contributed by atoms with Gasteiger partial charge in [0.05, 0.1) is 0 Å². The smallest absolute Gasteiger partial charge is 0.231 e. The molecule has 0 N–H and O–H groups in total. The van der Waals surface area contributed by atoms with Crippen LogP contribution in [-0.2, 0) is 6.42 Å². The molecule has 0 aromatic heterocycles. The molecule has 0 amide bonds. The molecule has 1 unspecified atom stereocenters. The second-order valence-corrected chi connectivity index (χ2v) is 4.74. The van der Waals surface area contributed by atoms with Crippen molar-refractivity contribution < 1.29 is 9.47 Å². The number of halogens is 1. The summed E-state index contributed by atoms with van der Waals surface area (Å²) in [5.74, 6) is 1.72. The van der Waals surface area contributed by atoms with Gasteiger partial charge in [0.25, 0.3) is 0 Å². The van der Waals surface area contributed by atoms with Gasteiger partial charge in [0, 0.05) is 4.83 Å². The van der Waals surface area contributed by atoms with Gasteiger partial charge in [-0.15, -0.1) is 0 Å². The van der Waals surface area contributed by atoms with Crippen LogP contribution in [0.5, 0.6) is 11.5 Å². The molecule has 0 radical (unpaired) electrons. The van der Waals surface area contributed by atoms with Gasteiger partial charge >= 0.3 is 0 Å². The van der Waals surface area contributed by atoms with E-state index >= 15 is 0 Å². The predicted octanol–water partition coefficient (Wildman–Crippen LogP) is 2.74. The Kier molecular flexibility index (Phi) is 2.44. The van der Waals surface area contributed by atoms with Crippen molar-refractivity contribution in [2.24, 2.45) is 0 Å². The van der Waals surface area contributed by atoms with E-state index in [2.05, 4.69) is 28.9 Å². The molecule has 1 atom stereocenters. The van der Waals surface area contributed by atoms with E-state index in [1.807, 2.05) is 12.1 Å². The Hall–Kier alpha value is -0.700. The van der Waals surface area contributed by atoms with Crippen LogP contribution in [-0.4, -0.2) is 11.6 Å². The number of ether oxygens (including phenoxy) is 2. The van der Waals surface area contributed by atoms with E-state index in [-0.39, 0.29) is 0 Å². The van der Waals surface area contributed by atoms with Crippen molar-refractivity contribution in [3.63, 3.8) is 0 Å². The van der Waals surface area contributed by atoms with Gasteiger partial charge in [-0.2, -0.15) is 0 Å². The maximum atomic E-state index is 5.28. The fourth-order valence-corrected chi connectivity index (χ4v) is 1.77. The quantitative estimate of drug-likeness (QED) is 0.743. The van der Waals surface area contributed by atoms with Gasteiger partial charge in [-0.05, 0) is 24.1 Å². The zero-order chi connectivity index (χ0) is 9.26. The van der Waals surface area contributed by atoms with E-state index in [9.17, 15) is 0 Å². The molecular weight excluding hydrogens is 232 g/mol. The molecule has 1 aliphatic rings. The maximum absolute atomic E-state index is 5.28. The van der Waals surface area contributed by atoms with Crippen molar-refractivity contribution in [1.29, 1.82) is 0 Å². The van der Waals surface area contributed by atoms with Crippen LogP contribution in [0.2, 0.25) is 0 Å². The summed E-state index contributed by atoms with van der Waals surface area (Å²) in [5, 5.41) is 0. The normalized spacial score (nSPS) is 15.8. The molecule has 1 aliphatic heterocycles. The van der Waals surface area contributed by atoms with Gasteiger partial charge in [0.15, 0.2) is 11.5 Å². The van der Waals surface area contributed by atoms with E-state index in [0.717, 1.165) is 17.9 Å². The lowest BCUT2D eigenvalue weighted by Gasteiger charge is -2.04. The molecule has 0 bridgehead atoms. The Bertz CT molecular complexity index is 310. The Morgan fingerprint density at radius 1 is 1.38 bits per heavy atom. The first-order chi connectivity index (χ1) is 6.25. The lowest BCUT2D eigenvalue weighted by molar-refractivity contribution is 0.174. The first kappa shape index (κ1) is 8.88. The van der Waals surface area contributed by atoms with Gasteiger partial charge in [-0.25, -0.2) is 0 Å². The second-order valence-electron chi connectivity index (χ2n) is 3.17. The third kappa shape index (κ3) is 1.97. The summed E-state index contributed by atoms with van der Waals surface area (Å²) in [5.41, 5.74) is 1.27. The summed E-state index contributed by atoms with van der Waals surface area (Å²) in [6.07, 6.45) is 1.01. The monoisotopic (exact) mass is 242 g/mol. The molecule has 0 spiro atoms. The van der Waals surface area contributed by atoms with E-state index < -0.39 is 0 Å². The van der Waals surface area contributed by atoms with Gasteiger partial charge in [-0.1, -0.05) is 28.9 Å². The molecule has 0 fully saturated rings. The Labute approximate surface area is 86.0 Å². The third-order valence-corrected chi connectivity index (χ3v) is 2.28. The van der Waals surface area contributed by atoms with Crippen LogP contribution < -0.4 is 9.47 Å². The minimum atomic E-state index is 0.350. The molecular formula is C10H11BrO2. The fourth-order valence-electron chi connectivity index (χ4n) is 1.39. The van der Waals surface area contributed by atoms with Crippen molar-refractivity contribution in [3.8, 4) is 11.5 Å². The lowest BCUT2D eigenvalue weighted by Crippen LogP contribution is -1.95. The maximum Gasteiger partial charge on any atom is 0.231 e. The summed E-state index contributed by atoms with van der Waals surface area (Å²) in [7, 11) is 0. The standard InChI is InChI=1S/C10H11BrO2/c1-7(11)4-8-2-3-9-10(5-8)13-6-12-9/h2-3,5,7H,4,6H2,1H3. The van der Waals surface area contributed by atoms with Gasteiger partial charge in [0.2, 0.25) is 6.79 Å². The predicted molar refractivity (Wildman–Crippen MR) is 54.7 cm³/mol. The summed E-state index contributed by atoms with van der Waals surface area (Å²) in [6.45, 7) is 2.48. The first-order valence-electron chi connectivity index (χ1n) is 4.28. The molecule has 0 aliphatic carbocycles. The topological polar surface area (TPSA) is 18.5 Å². The zero-order valence-corrected chi connectivity index (χ0v) is 9.00. The highest BCUT2D eigenvalue weighted by molar-refractivity contribution is 9.09. The van der Waals surface area contributed by atoms with Crippen LogP contribution in [0.15, 0.2) is 18.2 Å². The van der Waals surface area contributed by atoms with Crippen molar-refractivity contribution in [2.45, 2.75) is 18.2 Å². The van der Waals surface area contributed by atoms with Crippen LogP contribution in [0.3, 0.4) is 0 Å². The van der Waals surface area contributed by atoms with E-state index in [1.165, 1.54) is 5.56 Å². The second kappa shape index (κ2) is 3.58. The highest BCUT2D eigenvalue weighted by atomic mass is 79.9. The highest BCUT2D eigenvalue weighted by Crippen LogP contribution is 2.32. The van der Waals surface area contributed by atoms with Crippen molar-refractivity contribution >= 4 is 15.9 Å². The van der Waals surface area contributed by atoms with Crippen molar-refractivity contribution in [2.75, 3.05) is 6.79 Å². The van der Waals surface area contributed by atoms with Gasteiger partial charge < -0.3 is 9.47 Å². The largest absolute Gasteiger partial charge is 0.454 e. The van der Waals surface area contributed by atoms with Crippen LogP contribution in [0.4, 0.5) is 0 Å². The minimum Gasteiger partial charge on any atom is -0.454 e. The molecule has 70 valence electrons. The van der Waals surface area contributed by atoms with E-state index in [4.69, 9.17) is 9.47 Å². The van der Waals surface area contributed by atoms with E-state index in [1.54, 1.807) is 0 Å². The van der Waals surface area contributed by atoms with Crippen LogP contribution in [0, 0.1) is 0 Å². The van der Waals surface area contributed by atoms with Crippen molar-refractivity contribution in [1.82, 2.24) is 0 Å². The first-order valence-corrected chi connectivity index (χ1v) is 5.20. The molecule has 3 heteroatoms. The number of benzene rings is 1. The van der Waals surface area contributed by atoms with Crippen LogP contribution in [0.25, 0.3) is 0 Å². The fraction of sp³-hybridized carbons (Fsp3) is 0.400. The van der Waals surface area contributed by atoms with Crippen LogP contribution >= 0.6 is 15.9 Å². The van der Waals surface area contributed by atoms with Gasteiger partial charge in [0.1, 0.15) is 0 Å². The average Bonchev–Trinajstić information content (AvgIpc) is 2.49. The SMILES string of the molecule is CC(Br)Cc1ccc2c(c1)OCO2. The average molecular weight is 243 g/mol. The zero-order valence-electron chi connectivity index (χ0n) is 7.42. The molecule has 1 heterocycles. The summed E-state index contributed by atoms with van der Waals surface area (Å²) < 4.78 is 10.5. The van der Waals surface area contributed by atoms with Crippen LogP contribution in [0.1, 0.15) is 12.5 Å². The molecule has 0 saturated heterocycles. The molecule has 1 aromatic rings. The van der Waals surface area contributed by atoms with Crippen molar-refractivity contribution in [3.05, 3.63) is 23.8 Å². The number of fused-ring (bicyclic) bond motifs is 1. The summed E-state index contributed by atoms with van der Waals surface area (Å²) in [4.78, 5) is 0.493. The summed E-state index contributed by atoms with van der Waals surface area (Å²) >= 11 is 3.52. The number of alkyl halides is 1. The Balaban J connectivity index is 2.21. The number of hydrogen-bond acceptors (Lipinski definition) is 2. The Morgan fingerprint density at radius 2 is 2.15 bits per heavy atom. The highest BCUT2D eigenvalue weighted by Gasteiger charge is 2.13. The molecule has 2 nitrogen and oxygen atoms in total. The number of rotatable bonds is 2. The Morgan fingerprint density at radius 3 is 2.92 bits per heavy atom. The minimum absolute atomic E-state index is 0.350. The molecule has 2 rings (SSSR count). The lowest BCUT2D eigenvalue weighted by atomic mass is 10.1. The van der Waals surface area contributed by atoms with E-state index in [0.29, 0.717) is 11.6 Å². The third-order valence-electron chi connectivity index (χ3n) is 1.95.